The molecule has 0 aromatic heterocycles. The van der Waals surface area contributed by atoms with Gasteiger partial charge in [0.15, 0.2) is 0 Å². The van der Waals surface area contributed by atoms with Crippen LogP contribution in [0.1, 0.15) is 24.2 Å². The molecule has 0 aliphatic heterocycles. The van der Waals surface area contributed by atoms with Gasteiger partial charge < -0.3 is 10.1 Å². The SMILES string of the molecule is CC(C)Oc1cccc(NC(=O)c2ccccc2Br)c1. The number of carbonyl (C=O) groups excluding carboxylic acids is 1. The van der Waals surface area contributed by atoms with E-state index in [2.05, 4.69) is 21.2 Å². The summed E-state index contributed by atoms with van der Waals surface area (Å²) in [6.45, 7) is 3.93. The maximum absolute atomic E-state index is 12.2. The van der Waals surface area contributed by atoms with E-state index in [1.807, 2.05) is 56.3 Å². The zero-order chi connectivity index (χ0) is 14.5. The number of anilines is 1. The van der Waals surface area contributed by atoms with Crippen molar-refractivity contribution in [2.24, 2.45) is 0 Å². The van der Waals surface area contributed by atoms with Gasteiger partial charge in [0, 0.05) is 16.2 Å². The minimum absolute atomic E-state index is 0.101. The molecule has 0 heterocycles. The smallest absolute Gasteiger partial charge is 0.256 e. The van der Waals surface area contributed by atoms with Gasteiger partial charge in [0.1, 0.15) is 5.75 Å². The van der Waals surface area contributed by atoms with Gasteiger partial charge in [0.2, 0.25) is 0 Å². The van der Waals surface area contributed by atoms with Crippen LogP contribution in [0.3, 0.4) is 0 Å². The summed E-state index contributed by atoms with van der Waals surface area (Å²) in [5, 5.41) is 2.86. The molecule has 104 valence electrons. The van der Waals surface area contributed by atoms with E-state index < -0.39 is 0 Å². The van der Waals surface area contributed by atoms with Crippen molar-refractivity contribution >= 4 is 27.5 Å². The highest BCUT2D eigenvalue weighted by atomic mass is 79.9. The third-order valence-electron chi connectivity index (χ3n) is 2.58. The highest BCUT2D eigenvalue weighted by Gasteiger charge is 2.09. The average molecular weight is 334 g/mol. The van der Waals surface area contributed by atoms with Crippen LogP contribution in [0.5, 0.6) is 5.75 Å². The molecule has 0 unspecified atom stereocenters. The molecule has 0 saturated carbocycles. The second-order valence-electron chi connectivity index (χ2n) is 4.63. The van der Waals surface area contributed by atoms with Crippen LogP contribution in [0.25, 0.3) is 0 Å². The lowest BCUT2D eigenvalue weighted by molar-refractivity contribution is 0.102. The maximum Gasteiger partial charge on any atom is 0.256 e. The number of amides is 1. The Kier molecular flexibility index (Phi) is 4.79. The van der Waals surface area contributed by atoms with Crippen molar-refractivity contribution in [1.29, 1.82) is 0 Å². The summed E-state index contributed by atoms with van der Waals surface area (Å²) in [6, 6.07) is 14.7. The summed E-state index contributed by atoms with van der Waals surface area (Å²) >= 11 is 3.37. The standard InChI is InChI=1S/C16H16BrNO2/c1-11(2)20-13-7-5-6-12(10-13)18-16(19)14-8-3-4-9-15(14)17/h3-11H,1-2H3,(H,18,19). The summed E-state index contributed by atoms with van der Waals surface area (Å²) < 4.78 is 6.38. The Morgan fingerprint density at radius 3 is 2.60 bits per heavy atom. The van der Waals surface area contributed by atoms with Gasteiger partial charge in [0.05, 0.1) is 11.7 Å². The van der Waals surface area contributed by atoms with Crippen LogP contribution >= 0.6 is 15.9 Å². The van der Waals surface area contributed by atoms with Crippen LogP contribution in [0.15, 0.2) is 53.0 Å². The molecule has 0 spiro atoms. The molecule has 4 heteroatoms. The second kappa shape index (κ2) is 6.57. The van der Waals surface area contributed by atoms with Gasteiger partial charge in [-0.2, -0.15) is 0 Å². The molecule has 0 aliphatic carbocycles. The molecule has 0 fully saturated rings. The fourth-order valence-corrected chi connectivity index (χ4v) is 2.23. The molecule has 1 N–H and O–H groups in total. The van der Waals surface area contributed by atoms with E-state index in [-0.39, 0.29) is 12.0 Å². The van der Waals surface area contributed by atoms with E-state index in [9.17, 15) is 4.79 Å². The fraction of sp³-hybridized carbons (Fsp3) is 0.188. The zero-order valence-electron chi connectivity index (χ0n) is 11.4. The lowest BCUT2D eigenvalue weighted by Gasteiger charge is -2.12. The molecule has 3 nitrogen and oxygen atoms in total. The Hall–Kier alpha value is -1.81. The first-order chi connectivity index (χ1) is 9.56. The Morgan fingerprint density at radius 1 is 1.15 bits per heavy atom. The van der Waals surface area contributed by atoms with Crippen LogP contribution in [0.2, 0.25) is 0 Å². The van der Waals surface area contributed by atoms with Gasteiger partial charge in [-0.3, -0.25) is 4.79 Å². The molecule has 1 amide bonds. The van der Waals surface area contributed by atoms with Gasteiger partial charge in [-0.15, -0.1) is 0 Å². The zero-order valence-corrected chi connectivity index (χ0v) is 13.0. The lowest BCUT2D eigenvalue weighted by Crippen LogP contribution is -2.12. The van der Waals surface area contributed by atoms with Gasteiger partial charge >= 0.3 is 0 Å². The second-order valence-corrected chi connectivity index (χ2v) is 5.48. The number of carbonyl (C=O) groups is 1. The van der Waals surface area contributed by atoms with Crippen LogP contribution < -0.4 is 10.1 Å². The first kappa shape index (κ1) is 14.6. The van der Waals surface area contributed by atoms with E-state index in [0.717, 1.165) is 10.2 Å². The predicted molar refractivity (Wildman–Crippen MR) is 84.3 cm³/mol. The summed E-state index contributed by atoms with van der Waals surface area (Å²) in [5.74, 6) is 0.587. The number of benzene rings is 2. The summed E-state index contributed by atoms with van der Waals surface area (Å²) in [6.07, 6.45) is 0.101. The van der Waals surface area contributed by atoms with Crippen molar-refractivity contribution in [1.82, 2.24) is 0 Å². The largest absolute Gasteiger partial charge is 0.491 e. The number of nitrogens with one attached hydrogen (secondary N) is 1. The van der Waals surface area contributed by atoms with Gasteiger partial charge in [-0.25, -0.2) is 0 Å². The van der Waals surface area contributed by atoms with E-state index in [4.69, 9.17) is 4.74 Å². The molecule has 0 bridgehead atoms. The minimum atomic E-state index is -0.154. The predicted octanol–water partition coefficient (Wildman–Crippen LogP) is 4.49. The third kappa shape index (κ3) is 3.84. The van der Waals surface area contributed by atoms with Crippen molar-refractivity contribution in [3.8, 4) is 5.75 Å². The van der Waals surface area contributed by atoms with Gasteiger partial charge in [-0.05, 0) is 54.0 Å². The monoisotopic (exact) mass is 333 g/mol. The molecule has 0 saturated heterocycles. The van der Waals surface area contributed by atoms with E-state index in [1.165, 1.54) is 0 Å². The minimum Gasteiger partial charge on any atom is -0.491 e. The molecule has 20 heavy (non-hydrogen) atoms. The van der Waals surface area contributed by atoms with E-state index in [0.29, 0.717) is 11.3 Å². The highest BCUT2D eigenvalue weighted by molar-refractivity contribution is 9.10. The Bertz CT molecular complexity index is 611. The van der Waals surface area contributed by atoms with E-state index >= 15 is 0 Å². The number of hydrogen-bond donors (Lipinski definition) is 1. The van der Waals surface area contributed by atoms with Crippen LogP contribution in [-0.4, -0.2) is 12.0 Å². The molecular formula is C16H16BrNO2. The average Bonchev–Trinajstić information content (AvgIpc) is 2.38. The lowest BCUT2D eigenvalue weighted by atomic mass is 10.2. The van der Waals surface area contributed by atoms with Crippen molar-refractivity contribution in [2.75, 3.05) is 5.32 Å². The first-order valence-corrected chi connectivity index (χ1v) is 7.18. The molecule has 0 aliphatic rings. The number of hydrogen-bond acceptors (Lipinski definition) is 2. The van der Waals surface area contributed by atoms with Crippen LogP contribution in [-0.2, 0) is 0 Å². The third-order valence-corrected chi connectivity index (χ3v) is 3.27. The van der Waals surface area contributed by atoms with E-state index in [1.54, 1.807) is 6.07 Å². The molecule has 2 aromatic carbocycles. The van der Waals surface area contributed by atoms with Crippen molar-refractivity contribution in [3.05, 3.63) is 58.6 Å². The highest BCUT2D eigenvalue weighted by Crippen LogP contribution is 2.21. The molecule has 2 rings (SSSR count). The fourth-order valence-electron chi connectivity index (χ4n) is 1.76. The first-order valence-electron chi connectivity index (χ1n) is 6.39. The Morgan fingerprint density at radius 2 is 1.90 bits per heavy atom. The molecular weight excluding hydrogens is 318 g/mol. The quantitative estimate of drug-likeness (QED) is 0.895. The Labute approximate surface area is 127 Å². The maximum atomic E-state index is 12.2. The Balaban J connectivity index is 2.14. The van der Waals surface area contributed by atoms with Crippen molar-refractivity contribution in [3.63, 3.8) is 0 Å². The summed E-state index contributed by atoms with van der Waals surface area (Å²) in [7, 11) is 0. The topological polar surface area (TPSA) is 38.3 Å². The van der Waals surface area contributed by atoms with Gasteiger partial charge in [-0.1, -0.05) is 18.2 Å². The number of halogens is 1. The molecule has 2 aromatic rings. The number of rotatable bonds is 4. The normalized spacial score (nSPS) is 10.4. The van der Waals surface area contributed by atoms with Crippen LogP contribution in [0.4, 0.5) is 5.69 Å². The molecule has 0 radical (unpaired) electrons. The number of ether oxygens (including phenoxy) is 1. The summed E-state index contributed by atoms with van der Waals surface area (Å²) in [5.41, 5.74) is 1.31. The summed E-state index contributed by atoms with van der Waals surface area (Å²) in [4.78, 5) is 12.2. The van der Waals surface area contributed by atoms with Gasteiger partial charge in [0.25, 0.3) is 5.91 Å². The van der Waals surface area contributed by atoms with Crippen molar-refractivity contribution in [2.45, 2.75) is 20.0 Å². The molecule has 0 atom stereocenters. The van der Waals surface area contributed by atoms with Crippen LogP contribution in [0, 0.1) is 0 Å². The van der Waals surface area contributed by atoms with Crippen molar-refractivity contribution < 1.29 is 9.53 Å².